The van der Waals surface area contributed by atoms with Crippen LogP contribution in [0.4, 0.5) is 13.2 Å². The Hall–Kier alpha value is -2.61. The van der Waals surface area contributed by atoms with Crippen LogP contribution in [-0.2, 0) is 11.3 Å². The number of alkyl halides is 3. The van der Waals surface area contributed by atoms with Gasteiger partial charge in [0.2, 0.25) is 0 Å². The van der Waals surface area contributed by atoms with Crippen molar-refractivity contribution in [2.75, 3.05) is 0 Å². The number of carbonyl (C=O) groups is 1. The first kappa shape index (κ1) is 17.2. The molecule has 0 fully saturated rings. The minimum atomic E-state index is -4.44. The summed E-state index contributed by atoms with van der Waals surface area (Å²) in [6.07, 6.45) is -3.96. The van der Waals surface area contributed by atoms with E-state index in [-0.39, 0.29) is 22.7 Å². The number of rotatable bonds is 3. The maximum Gasteiger partial charge on any atom is 0.408 e. The number of aromatic nitrogens is 2. The van der Waals surface area contributed by atoms with Crippen LogP contribution < -0.4 is 0 Å². The minimum Gasteiger partial charge on any atom is -0.422 e. The van der Waals surface area contributed by atoms with Crippen LogP contribution in [-0.4, -0.2) is 27.0 Å². The lowest BCUT2D eigenvalue weighted by atomic mass is 10.1. The van der Waals surface area contributed by atoms with Crippen molar-refractivity contribution in [2.24, 2.45) is 0 Å². The Kier molecular flexibility index (Phi) is 4.16. The van der Waals surface area contributed by atoms with Crippen LogP contribution in [0.3, 0.4) is 0 Å². The molecule has 0 saturated heterocycles. The Morgan fingerprint density at radius 1 is 1.32 bits per heavy atom. The Balaban J connectivity index is 1.87. The smallest absolute Gasteiger partial charge is 0.408 e. The molecule has 1 aliphatic carbocycles. The van der Waals surface area contributed by atoms with E-state index in [0.29, 0.717) is 11.1 Å². The zero-order valence-electron chi connectivity index (χ0n) is 13.5. The van der Waals surface area contributed by atoms with Crippen LogP contribution in [0, 0.1) is 13.8 Å². The number of ether oxygens (including phenoxy) is 1. The van der Waals surface area contributed by atoms with Crippen molar-refractivity contribution in [1.29, 1.82) is 0 Å². The van der Waals surface area contributed by atoms with Gasteiger partial charge in [-0.15, -0.1) is 0 Å². The first-order valence-electron chi connectivity index (χ1n) is 7.49. The molecule has 0 radical (unpaired) electrons. The molecule has 1 heterocycles. The molecule has 5 nitrogen and oxygen atoms in total. The number of aryl methyl sites for hydroxylation is 1. The molecule has 0 aliphatic heterocycles. The van der Waals surface area contributed by atoms with E-state index in [9.17, 15) is 23.1 Å². The summed E-state index contributed by atoms with van der Waals surface area (Å²) >= 11 is 0. The van der Waals surface area contributed by atoms with E-state index in [1.54, 1.807) is 24.3 Å². The van der Waals surface area contributed by atoms with Crippen LogP contribution in [0.25, 0.3) is 5.76 Å². The van der Waals surface area contributed by atoms with Crippen molar-refractivity contribution in [3.8, 4) is 0 Å². The van der Waals surface area contributed by atoms with Gasteiger partial charge in [-0.25, -0.2) is 4.79 Å². The van der Waals surface area contributed by atoms with Gasteiger partial charge in [0.15, 0.2) is 0 Å². The second-order valence-corrected chi connectivity index (χ2v) is 5.77. The third kappa shape index (κ3) is 3.30. The Labute approximate surface area is 141 Å². The number of nitrogens with zero attached hydrogens (tertiary/aromatic N) is 2. The molecule has 8 heteroatoms. The maximum absolute atomic E-state index is 12.6. The normalized spacial score (nSPS) is 16.6. The number of benzene rings is 1. The lowest BCUT2D eigenvalue weighted by Crippen LogP contribution is -2.20. The summed E-state index contributed by atoms with van der Waals surface area (Å²) in [5.74, 6) is -0.631. The number of carbonyl (C=O) groups excluding carboxylic acids is 1. The molecule has 1 unspecified atom stereocenters. The predicted molar refractivity (Wildman–Crippen MR) is 82.6 cm³/mol. The second-order valence-electron chi connectivity index (χ2n) is 5.77. The van der Waals surface area contributed by atoms with Gasteiger partial charge in [-0.05, 0) is 25.5 Å². The fraction of sp³-hybridized carbons (Fsp3) is 0.294. The number of halogens is 3. The molecule has 132 valence electrons. The molecule has 0 saturated carbocycles. The van der Waals surface area contributed by atoms with E-state index in [0.717, 1.165) is 4.68 Å². The first-order valence-corrected chi connectivity index (χ1v) is 7.49. The number of esters is 1. The third-order valence-electron chi connectivity index (χ3n) is 3.97. The topological polar surface area (TPSA) is 64.4 Å². The van der Waals surface area contributed by atoms with Crippen LogP contribution >= 0.6 is 0 Å². The molecule has 1 N–H and O–H groups in total. The van der Waals surface area contributed by atoms with Crippen LogP contribution in [0.15, 0.2) is 30.3 Å². The van der Waals surface area contributed by atoms with Gasteiger partial charge in [-0.2, -0.15) is 18.3 Å². The molecule has 25 heavy (non-hydrogen) atoms. The van der Waals surface area contributed by atoms with Gasteiger partial charge in [0.05, 0.1) is 11.4 Å². The molecule has 2 aromatic rings. The number of aliphatic hydroxyl groups excluding tert-OH is 1. The summed E-state index contributed by atoms with van der Waals surface area (Å²) in [6, 6.07) is 6.87. The summed E-state index contributed by atoms with van der Waals surface area (Å²) < 4.78 is 43.8. The molecular weight excluding hydrogens is 337 g/mol. The van der Waals surface area contributed by atoms with E-state index >= 15 is 0 Å². The van der Waals surface area contributed by atoms with Gasteiger partial charge in [0.25, 0.3) is 0 Å². The standard InChI is InChI=1S/C17H15F3N2O3/c1-9-15(10(2)22(21-9)8-17(18,19)20)16(24)25-14-7-13(23)11-5-3-4-6-12(11)14/h3-7,13,23H,8H2,1-2H3. The summed E-state index contributed by atoms with van der Waals surface area (Å²) in [6.45, 7) is 1.55. The number of hydrogen-bond acceptors (Lipinski definition) is 4. The van der Waals surface area contributed by atoms with Crippen molar-refractivity contribution in [3.05, 3.63) is 58.4 Å². The average Bonchev–Trinajstić information content (AvgIpc) is 2.96. The summed E-state index contributed by atoms with van der Waals surface area (Å²) in [7, 11) is 0. The van der Waals surface area contributed by atoms with E-state index in [1.807, 2.05) is 0 Å². The highest BCUT2D eigenvalue weighted by molar-refractivity contribution is 5.95. The van der Waals surface area contributed by atoms with E-state index in [1.165, 1.54) is 19.9 Å². The van der Waals surface area contributed by atoms with Crippen LogP contribution in [0.5, 0.6) is 0 Å². The second kappa shape index (κ2) is 6.03. The zero-order valence-corrected chi connectivity index (χ0v) is 13.5. The monoisotopic (exact) mass is 352 g/mol. The van der Waals surface area contributed by atoms with Crippen molar-refractivity contribution in [2.45, 2.75) is 32.7 Å². The molecule has 1 aromatic carbocycles. The lowest BCUT2D eigenvalue weighted by molar-refractivity contribution is -0.143. The molecule has 0 spiro atoms. The molecule has 1 aromatic heterocycles. The maximum atomic E-state index is 12.6. The highest BCUT2D eigenvalue weighted by Gasteiger charge is 2.32. The van der Waals surface area contributed by atoms with Crippen molar-refractivity contribution >= 4 is 11.7 Å². The predicted octanol–water partition coefficient (Wildman–Crippen LogP) is 3.31. The molecule has 1 atom stereocenters. The molecule has 1 aliphatic rings. The molecule has 0 amide bonds. The largest absolute Gasteiger partial charge is 0.422 e. The third-order valence-corrected chi connectivity index (χ3v) is 3.97. The van der Waals surface area contributed by atoms with Crippen molar-refractivity contribution in [1.82, 2.24) is 9.78 Å². The summed E-state index contributed by atoms with van der Waals surface area (Å²) in [4.78, 5) is 12.5. The van der Waals surface area contributed by atoms with Crippen molar-refractivity contribution in [3.63, 3.8) is 0 Å². The average molecular weight is 352 g/mol. The Morgan fingerprint density at radius 3 is 2.68 bits per heavy atom. The van der Waals surface area contributed by atoms with Crippen molar-refractivity contribution < 1.29 is 27.8 Å². The fourth-order valence-electron chi connectivity index (χ4n) is 2.86. The van der Waals surface area contributed by atoms with Gasteiger partial charge in [-0.3, -0.25) is 4.68 Å². The number of hydrogen-bond donors (Lipinski definition) is 1. The summed E-state index contributed by atoms with van der Waals surface area (Å²) in [5, 5.41) is 13.7. The van der Waals surface area contributed by atoms with E-state index < -0.39 is 24.8 Å². The highest BCUT2D eigenvalue weighted by Crippen LogP contribution is 2.35. The van der Waals surface area contributed by atoms with Gasteiger partial charge in [0.1, 0.15) is 24.0 Å². The van der Waals surface area contributed by atoms with Gasteiger partial charge in [-0.1, -0.05) is 24.3 Å². The molecule has 0 bridgehead atoms. The number of fused-ring (bicyclic) bond motifs is 1. The Bertz CT molecular complexity index is 869. The van der Waals surface area contributed by atoms with E-state index in [4.69, 9.17) is 4.74 Å². The van der Waals surface area contributed by atoms with Crippen LogP contribution in [0.1, 0.15) is 39.0 Å². The van der Waals surface area contributed by atoms with E-state index in [2.05, 4.69) is 5.10 Å². The highest BCUT2D eigenvalue weighted by atomic mass is 19.4. The minimum absolute atomic E-state index is 0.0102. The molecular formula is C17H15F3N2O3. The Morgan fingerprint density at radius 2 is 2.00 bits per heavy atom. The molecule has 3 rings (SSSR count). The fourth-order valence-corrected chi connectivity index (χ4v) is 2.86. The number of aliphatic hydroxyl groups is 1. The lowest BCUT2D eigenvalue weighted by Gasteiger charge is -2.09. The first-order chi connectivity index (χ1) is 11.7. The van der Waals surface area contributed by atoms with Gasteiger partial charge < -0.3 is 9.84 Å². The quantitative estimate of drug-likeness (QED) is 0.861. The van der Waals surface area contributed by atoms with Gasteiger partial charge >= 0.3 is 12.1 Å². The zero-order chi connectivity index (χ0) is 18.4. The van der Waals surface area contributed by atoms with Crippen LogP contribution in [0.2, 0.25) is 0 Å². The summed E-state index contributed by atoms with van der Waals surface area (Å²) in [5.41, 5.74) is 1.39. The van der Waals surface area contributed by atoms with Gasteiger partial charge in [0, 0.05) is 5.56 Å². The SMILES string of the molecule is Cc1nn(CC(F)(F)F)c(C)c1C(=O)OC1=CC(O)c2ccccc21.